The predicted octanol–water partition coefficient (Wildman–Crippen LogP) is 4.24. The van der Waals surface area contributed by atoms with Crippen LogP contribution in [0, 0.1) is 13.8 Å². The van der Waals surface area contributed by atoms with E-state index in [0.717, 1.165) is 16.0 Å². The molecule has 0 radical (unpaired) electrons. The summed E-state index contributed by atoms with van der Waals surface area (Å²) in [7, 11) is 0. The van der Waals surface area contributed by atoms with Crippen molar-refractivity contribution in [1.82, 2.24) is 9.55 Å². The zero-order valence-corrected chi connectivity index (χ0v) is 18.1. The molecular formula is C24H21N3O3S. The molecule has 156 valence electrons. The van der Waals surface area contributed by atoms with Crippen molar-refractivity contribution in [1.29, 1.82) is 0 Å². The second-order valence-corrected chi connectivity index (χ2v) is 8.81. The first-order valence-corrected chi connectivity index (χ1v) is 10.9. The van der Waals surface area contributed by atoms with Gasteiger partial charge in [-0.25, -0.2) is 4.98 Å². The third kappa shape index (κ3) is 3.31. The third-order valence-electron chi connectivity index (χ3n) is 5.75. The van der Waals surface area contributed by atoms with Crippen LogP contribution >= 0.6 is 11.3 Å². The van der Waals surface area contributed by atoms with Gasteiger partial charge in [-0.2, -0.15) is 0 Å². The molecule has 1 amide bonds. The quantitative estimate of drug-likeness (QED) is 0.487. The fourth-order valence-corrected chi connectivity index (χ4v) is 5.01. The SMILES string of the molecule is Cc1sc2ncn(CC(=O)N3c4ccccc4OCC3c3ccccc3)c(=O)c2c1C. The second-order valence-electron chi connectivity index (χ2n) is 7.61. The van der Waals surface area contributed by atoms with Gasteiger partial charge in [0.25, 0.3) is 5.56 Å². The molecule has 2 aromatic carbocycles. The highest BCUT2D eigenvalue weighted by Gasteiger charge is 2.33. The molecule has 1 unspecified atom stereocenters. The van der Waals surface area contributed by atoms with Crippen LogP contribution in [0.3, 0.4) is 0 Å². The van der Waals surface area contributed by atoms with Gasteiger partial charge >= 0.3 is 0 Å². The van der Waals surface area contributed by atoms with E-state index in [2.05, 4.69) is 4.98 Å². The molecule has 4 aromatic rings. The van der Waals surface area contributed by atoms with Crippen molar-refractivity contribution >= 4 is 33.1 Å². The summed E-state index contributed by atoms with van der Waals surface area (Å²) < 4.78 is 7.35. The number of carbonyl (C=O) groups is 1. The number of hydrogen-bond donors (Lipinski definition) is 0. The van der Waals surface area contributed by atoms with Crippen LogP contribution < -0.4 is 15.2 Å². The number of amides is 1. The molecule has 1 aliphatic rings. The Labute approximate surface area is 183 Å². The lowest BCUT2D eigenvalue weighted by Crippen LogP contribution is -2.43. The van der Waals surface area contributed by atoms with Crippen molar-refractivity contribution in [2.45, 2.75) is 26.4 Å². The summed E-state index contributed by atoms with van der Waals surface area (Å²) in [5.41, 5.74) is 2.43. The highest BCUT2D eigenvalue weighted by Crippen LogP contribution is 2.39. The van der Waals surface area contributed by atoms with Crippen LogP contribution in [0.4, 0.5) is 5.69 Å². The fourth-order valence-electron chi connectivity index (χ4n) is 4.02. The van der Waals surface area contributed by atoms with Crippen LogP contribution in [0.5, 0.6) is 5.75 Å². The molecule has 0 fully saturated rings. The molecule has 0 bridgehead atoms. The minimum Gasteiger partial charge on any atom is -0.489 e. The number of hydrogen-bond acceptors (Lipinski definition) is 5. The molecule has 0 saturated carbocycles. The number of para-hydroxylation sites is 2. The molecule has 31 heavy (non-hydrogen) atoms. The molecule has 0 aliphatic carbocycles. The van der Waals surface area contributed by atoms with Gasteiger partial charge in [0.2, 0.25) is 5.91 Å². The Balaban J connectivity index is 1.56. The highest BCUT2D eigenvalue weighted by molar-refractivity contribution is 7.18. The summed E-state index contributed by atoms with van der Waals surface area (Å²) >= 11 is 1.50. The maximum atomic E-state index is 13.6. The van der Waals surface area contributed by atoms with Crippen LogP contribution in [-0.4, -0.2) is 22.1 Å². The van der Waals surface area contributed by atoms with Crippen molar-refractivity contribution in [3.63, 3.8) is 0 Å². The van der Waals surface area contributed by atoms with Crippen molar-refractivity contribution in [2.24, 2.45) is 0 Å². The normalized spacial score (nSPS) is 15.5. The Morgan fingerprint density at radius 3 is 2.68 bits per heavy atom. The van der Waals surface area contributed by atoms with Gasteiger partial charge in [-0.1, -0.05) is 42.5 Å². The van der Waals surface area contributed by atoms with Gasteiger partial charge in [0.1, 0.15) is 23.7 Å². The Bertz CT molecular complexity index is 1340. The van der Waals surface area contributed by atoms with E-state index in [4.69, 9.17) is 4.74 Å². The van der Waals surface area contributed by atoms with Gasteiger partial charge in [-0.3, -0.25) is 19.1 Å². The Morgan fingerprint density at radius 1 is 1.13 bits per heavy atom. The van der Waals surface area contributed by atoms with E-state index >= 15 is 0 Å². The van der Waals surface area contributed by atoms with E-state index in [1.54, 1.807) is 4.90 Å². The van der Waals surface area contributed by atoms with Crippen LogP contribution in [0.2, 0.25) is 0 Å². The molecule has 7 heteroatoms. The molecule has 1 atom stereocenters. The average Bonchev–Trinajstić information content (AvgIpc) is 3.09. The van der Waals surface area contributed by atoms with E-state index in [1.165, 1.54) is 22.2 Å². The Hall–Kier alpha value is -3.45. The summed E-state index contributed by atoms with van der Waals surface area (Å²) in [6.45, 7) is 4.16. The van der Waals surface area contributed by atoms with Gasteiger partial charge in [0.15, 0.2) is 0 Å². The molecule has 0 saturated heterocycles. The van der Waals surface area contributed by atoms with E-state index in [0.29, 0.717) is 28.3 Å². The third-order valence-corrected chi connectivity index (χ3v) is 6.86. The maximum Gasteiger partial charge on any atom is 0.262 e. The number of aryl methyl sites for hydroxylation is 2. The zero-order chi connectivity index (χ0) is 21.5. The number of benzene rings is 2. The number of rotatable bonds is 3. The predicted molar refractivity (Wildman–Crippen MR) is 122 cm³/mol. The largest absolute Gasteiger partial charge is 0.489 e. The van der Waals surface area contributed by atoms with Gasteiger partial charge < -0.3 is 4.74 Å². The first-order chi connectivity index (χ1) is 15.0. The first kappa shape index (κ1) is 19.5. The summed E-state index contributed by atoms with van der Waals surface area (Å²) in [6.07, 6.45) is 1.47. The molecule has 0 spiro atoms. The highest BCUT2D eigenvalue weighted by atomic mass is 32.1. The number of anilines is 1. The standard InChI is InChI=1S/C24H21N3O3S/c1-15-16(2)31-23-22(15)24(29)26(14-25-23)12-21(28)27-18-10-6-7-11-20(18)30-13-19(27)17-8-4-3-5-9-17/h3-11,14,19H,12-13H2,1-2H3. The van der Waals surface area contributed by atoms with Gasteiger partial charge in [-0.15, -0.1) is 11.3 Å². The van der Waals surface area contributed by atoms with E-state index < -0.39 is 0 Å². The summed E-state index contributed by atoms with van der Waals surface area (Å²) in [5, 5.41) is 0.597. The summed E-state index contributed by atoms with van der Waals surface area (Å²) in [4.78, 5) is 34.6. The van der Waals surface area contributed by atoms with E-state index in [9.17, 15) is 9.59 Å². The Kier molecular flexibility index (Phi) is 4.82. The van der Waals surface area contributed by atoms with Crippen molar-refractivity contribution in [3.05, 3.63) is 87.3 Å². The number of thiophene rings is 1. The van der Waals surface area contributed by atoms with Gasteiger partial charge in [-0.05, 0) is 37.1 Å². The van der Waals surface area contributed by atoms with Crippen molar-refractivity contribution in [3.8, 4) is 5.75 Å². The molecular weight excluding hydrogens is 410 g/mol. The first-order valence-electron chi connectivity index (χ1n) is 10.1. The van der Waals surface area contributed by atoms with E-state index in [-0.39, 0.29) is 24.1 Å². The lowest BCUT2D eigenvalue weighted by Gasteiger charge is -2.37. The minimum absolute atomic E-state index is 0.0895. The lowest BCUT2D eigenvalue weighted by atomic mass is 10.0. The number of carbonyl (C=O) groups excluding carboxylic acids is 1. The van der Waals surface area contributed by atoms with E-state index in [1.807, 2.05) is 68.4 Å². The van der Waals surface area contributed by atoms with Crippen LogP contribution in [-0.2, 0) is 11.3 Å². The second kappa shape index (κ2) is 7.67. The fraction of sp³-hybridized carbons (Fsp3) is 0.208. The van der Waals surface area contributed by atoms with Crippen LogP contribution in [0.15, 0.2) is 65.7 Å². The zero-order valence-electron chi connectivity index (χ0n) is 17.2. The monoisotopic (exact) mass is 431 g/mol. The average molecular weight is 432 g/mol. The Morgan fingerprint density at radius 2 is 1.87 bits per heavy atom. The summed E-state index contributed by atoms with van der Waals surface area (Å²) in [5.74, 6) is 0.478. The molecule has 2 aromatic heterocycles. The van der Waals surface area contributed by atoms with Gasteiger partial charge in [0, 0.05) is 4.88 Å². The van der Waals surface area contributed by atoms with Crippen molar-refractivity contribution in [2.75, 3.05) is 11.5 Å². The molecule has 1 aliphatic heterocycles. The lowest BCUT2D eigenvalue weighted by molar-refractivity contribution is -0.120. The topological polar surface area (TPSA) is 64.4 Å². The van der Waals surface area contributed by atoms with Gasteiger partial charge in [0.05, 0.1) is 23.4 Å². The van der Waals surface area contributed by atoms with Crippen LogP contribution in [0.25, 0.3) is 10.2 Å². The minimum atomic E-state index is -0.277. The molecule has 0 N–H and O–H groups in total. The molecule has 5 rings (SSSR count). The smallest absolute Gasteiger partial charge is 0.262 e. The maximum absolute atomic E-state index is 13.6. The molecule has 3 heterocycles. The van der Waals surface area contributed by atoms with Crippen molar-refractivity contribution < 1.29 is 9.53 Å². The summed E-state index contributed by atoms with van der Waals surface area (Å²) in [6, 6.07) is 17.0. The van der Waals surface area contributed by atoms with Crippen LogP contribution in [0.1, 0.15) is 22.0 Å². The number of ether oxygens (including phenoxy) is 1. The molecule has 6 nitrogen and oxygen atoms in total. The number of fused-ring (bicyclic) bond motifs is 2. The number of aromatic nitrogens is 2. The number of nitrogens with zero attached hydrogens (tertiary/aromatic N) is 3.